The topological polar surface area (TPSA) is 95.9 Å². The molecule has 0 heterocycles. The summed E-state index contributed by atoms with van der Waals surface area (Å²) in [6.45, 7) is 5.25. The fourth-order valence-electron chi connectivity index (χ4n) is 1.31. The number of benzene rings is 1. The lowest BCUT2D eigenvalue weighted by molar-refractivity contribution is -0.146. The number of ether oxygens (including phenoxy) is 1. The number of nitrogens with one attached hydrogen (secondary N) is 1. The summed E-state index contributed by atoms with van der Waals surface area (Å²) < 4.78 is 5.06. The second kappa shape index (κ2) is 5.71. The molecule has 0 aromatic heterocycles. The first-order valence-corrected chi connectivity index (χ1v) is 5.70. The van der Waals surface area contributed by atoms with Gasteiger partial charge >= 0.3 is 12.1 Å². The zero-order chi connectivity index (χ0) is 14.6. The maximum absolute atomic E-state index is 11.5. The van der Waals surface area contributed by atoms with Crippen LogP contribution in [0.2, 0.25) is 0 Å². The summed E-state index contributed by atoms with van der Waals surface area (Å²) in [5.41, 5.74) is 0.0987. The van der Waals surface area contributed by atoms with Gasteiger partial charge < -0.3 is 14.9 Å². The summed E-state index contributed by atoms with van der Waals surface area (Å²) >= 11 is 0. The van der Waals surface area contributed by atoms with E-state index in [0.29, 0.717) is 5.69 Å². The Morgan fingerprint density at radius 2 is 1.74 bits per heavy atom. The summed E-state index contributed by atoms with van der Waals surface area (Å²) in [5.74, 6) is -1.33. The molecule has 1 unspecified atom stereocenters. The van der Waals surface area contributed by atoms with Gasteiger partial charge in [-0.1, -0.05) is 12.1 Å². The van der Waals surface area contributed by atoms with Gasteiger partial charge in [-0.2, -0.15) is 0 Å². The monoisotopic (exact) mass is 267 g/mol. The Morgan fingerprint density at radius 1 is 1.21 bits per heavy atom. The third-order valence-electron chi connectivity index (χ3n) is 2.11. The number of hydrogen-bond donors (Lipinski definition) is 3. The molecule has 0 saturated carbocycles. The van der Waals surface area contributed by atoms with Crippen molar-refractivity contribution >= 4 is 17.7 Å². The number of carbonyl (C=O) groups excluding carboxylic acids is 1. The zero-order valence-corrected chi connectivity index (χ0v) is 11.0. The predicted octanol–water partition coefficient (Wildman–Crippen LogP) is 2.15. The molecular weight excluding hydrogens is 250 g/mol. The average molecular weight is 267 g/mol. The van der Waals surface area contributed by atoms with Crippen LogP contribution in [0.3, 0.4) is 0 Å². The second-order valence-corrected chi connectivity index (χ2v) is 4.99. The van der Waals surface area contributed by atoms with Gasteiger partial charge in [0.1, 0.15) is 5.60 Å². The second-order valence-electron chi connectivity index (χ2n) is 4.99. The normalized spacial score (nSPS) is 12.6. The van der Waals surface area contributed by atoms with E-state index in [1.165, 1.54) is 24.3 Å². The van der Waals surface area contributed by atoms with Crippen molar-refractivity contribution in [1.29, 1.82) is 0 Å². The quantitative estimate of drug-likeness (QED) is 0.779. The lowest BCUT2D eigenvalue weighted by Gasteiger charge is -2.19. The number of amides is 1. The highest BCUT2D eigenvalue weighted by Crippen LogP contribution is 2.17. The Hall–Kier alpha value is -2.08. The van der Waals surface area contributed by atoms with Gasteiger partial charge in [0.2, 0.25) is 0 Å². The first-order chi connectivity index (χ1) is 8.69. The first kappa shape index (κ1) is 15.0. The van der Waals surface area contributed by atoms with Crippen molar-refractivity contribution in [2.24, 2.45) is 0 Å². The molecule has 1 aromatic rings. The van der Waals surface area contributed by atoms with E-state index in [9.17, 15) is 14.7 Å². The summed E-state index contributed by atoms with van der Waals surface area (Å²) in [6, 6.07) is 5.83. The summed E-state index contributed by atoms with van der Waals surface area (Å²) in [5, 5.41) is 20.5. The summed E-state index contributed by atoms with van der Waals surface area (Å²) in [4.78, 5) is 22.1. The Bertz CT molecular complexity index is 461. The Labute approximate surface area is 111 Å². The number of hydrogen-bond acceptors (Lipinski definition) is 4. The summed E-state index contributed by atoms with van der Waals surface area (Å²) in [7, 11) is 0. The van der Waals surface area contributed by atoms with Gasteiger partial charge in [-0.15, -0.1) is 0 Å². The van der Waals surface area contributed by atoms with E-state index in [2.05, 4.69) is 5.32 Å². The average Bonchev–Trinajstić information content (AvgIpc) is 2.26. The van der Waals surface area contributed by atoms with E-state index in [1.807, 2.05) is 0 Å². The van der Waals surface area contributed by atoms with Crippen LogP contribution < -0.4 is 5.32 Å². The molecule has 0 aliphatic rings. The number of anilines is 1. The van der Waals surface area contributed by atoms with Gasteiger partial charge in [0, 0.05) is 5.69 Å². The van der Waals surface area contributed by atoms with Crippen LogP contribution in [0.4, 0.5) is 10.5 Å². The molecule has 104 valence electrons. The molecule has 1 amide bonds. The van der Waals surface area contributed by atoms with Crippen LogP contribution in [0, 0.1) is 0 Å². The number of carboxylic acid groups (broad SMARTS) is 1. The molecule has 0 saturated heterocycles. The van der Waals surface area contributed by atoms with E-state index >= 15 is 0 Å². The number of aliphatic carboxylic acids is 1. The molecular formula is C13H17NO5. The molecule has 0 fully saturated rings. The summed E-state index contributed by atoms with van der Waals surface area (Å²) in [6.07, 6.45) is -2.17. The molecule has 0 bridgehead atoms. The number of carbonyl (C=O) groups is 2. The SMILES string of the molecule is CC(C)(C)OC(=O)Nc1ccc(C(O)C(=O)O)cc1. The molecule has 1 rings (SSSR count). The van der Waals surface area contributed by atoms with E-state index in [1.54, 1.807) is 20.8 Å². The van der Waals surface area contributed by atoms with Crippen molar-refractivity contribution in [2.75, 3.05) is 5.32 Å². The van der Waals surface area contributed by atoms with Crippen LogP contribution in [-0.2, 0) is 9.53 Å². The van der Waals surface area contributed by atoms with Crippen molar-refractivity contribution in [3.05, 3.63) is 29.8 Å². The van der Waals surface area contributed by atoms with Crippen LogP contribution in [0.15, 0.2) is 24.3 Å². The third-order valence-corrected chi connectivity index (χ3v) is 2.11. The number of aliphatic hydroxyl groups excluding tert-OH is 1. The van der Waals surface area contributed by atoms with Crippen molar-refractivity contribution in [3.8, 4) is 0 Å². The van der Waals surface area contributed by atoms with E-state index in [-0.39, 0.29) is 5.56 Å². The molecule has 6 heteroatoms. The largest absolute Gasteiger partial charge is 0.479 e. The predicted molar refractivity (Wildman–Crippen MR) is 68.9 cm³/mol. The Morgan fingerprint density at radius 3 is 2.16 bits per heavy atom. The highest BCUT2D eigenvalue weighted by Gasteiger charge is 2.17. The standard InChI is InChI=1S/C13H17NO5/c1-13(2,3)19-12(18)14-9-6-4-8(5-7-9)10(15)11(16)17/h4-7,10,15H,1-3H3,(H,14,18)(H,16,17). The number of carboxylic acids is 1. The van der Waals surface area contributed by atoms with Crippen molar-refractivity contribution in [1.82, 2.24) is 0 Å². The smallest absolute Gasteiger partial charge is 0.412 e. The Kier molecular flexibility index (Phi) is 4.50. The maximum Gasteiger partial charge on any atom is 0.412 e. The van der Waals surface area contributed by atoms with Gasteiger partial charge in [0.05, 0.1) is 0 Å². The van der Waals surface area contributed by atoms with Crippen LogP contribution in [0.25, 0.3) is 0 Å². The zero-order valence-electron chi connectivity index (χ0n) is 11.0. The highest BCUT2D eigenvalue weighted by atomic mass is 16.6. The minimum Gasteiger partial charge on any atom is -0.479 e. The molecule has 0 radical (unpaired) electrons. The minimum atomic E-state index is -1.57. The molecule has 3 N–H and O–H groups in total. The fourth-order valence-corrected chi connectivity index (χ4v) is 1.31. The van der Waals surface area contributed by atoms with Gasteiger partial charge in [0.15, 0.2) is 6.10 Å². The van der Waals surface area contributed by atoms with Crippen molar-refractivity contribution in [2.45, 2.75) is 32.5 Å². The van der Waals surface area contributed by atoms with Gasteiger partial charge in [-0.05, 0) is 38.5 Å². The van der Waals surface area contributed by atoms with Crippen LogP contribution in [-0.4, -0.2) is 27.9 Å². The molecule has 0 aliphatic carbocycles. The first-order valence-electron chi connectivity index (χ1n) is 5.70. The molecule has 1 aromatic carbocycles. The molecule has 0 aliphatic heterocycles. The van der Waals surface area contributed by atoms with E-state index < -0.39 is 23.8 Å². The van der Waals surface area contributed by atoms with Crippen molar-refractivity contribution in [3.63, 3.8) is 0 Å². The Balaban J connectivity index is 2.67. The van der Waals surface area contributed by atoms with Crippen LogP contribution in [0.1, 0.15) is 32.4 Å². The lowest BCUT2D eigenvalue weighted by Crippen LogP contribution is -2.27. The lowest BCUT2D eigenvalue weighted by atomic mass is 10.1. The van der Waals surface area contributed by atoms with Crippen LogP contribution in [0.5, 0.6) is 0 Å². The van der Waals surface area contributed by atoms with Gasteiger partial charge in [0.25, 0.3) is 0 Å². The molecule has 6 nitrogen and oxygen atoms in total. The van der Waals surface area contributed by atoms with E-state index in [4.69, 9.17) is 9.84 Å². The highest BCUT2D eigenvalue weighted by molar-refractivity contribution is 5.85. The minimum absolute atomic E-state index is 0.238. The van der Waals surface area contributed by atoms with E-state index in [0.717, 1.165) is 0 Å². The van der Waals surface area contributed by atoms with Crippen molar-refractivity contribution < 1.29 is 24.5 Å². The number of rotatable bonds is 3. The molecule has 19 heavy (non-hydrogen) atoms. The molecule has 1 atom stereocenters. The van der Waals surface area contributed by atoms with Gasteiger partial charge in [-0.3, -0.25) is 5.32 Å². The maximum atomic E-state index is 11.5. The molecule has 0 spiro atoms. The fraction of sp³-hybridized carbons (Fsp3) is 0.385. The van der Waals surface area contributed by atoms with Crippen LogP contribution >= 0.6 is 0 Å². The number of aliphatic hydroxyl groups is 1. The third kappa shape index (κ3) is 4.97. The van der Waals surface area contributed by atoms with Gasteiger partial charge in [-0.25, -0.2) is 9.59 Å².